The van der Waals surface area contributed by atoms with Crippen LogP contribution < -0.4 is 0 Å². The van der Waals surface area contributed by atoms with Crippen LogP contribution in [0.15, 0.2) is 94.5 Å². The molecule has 0 spiro atoms. The van der Waals surface area contributed by atoms with Crippen LogP contribution in [0.3, 0.4) is 0 Å². The summed E-state index contributed by atoms with van der Waals surface area (Å²) in [6.45, 7) is 0. The lowest BCUT2D eigenvalue weighted by atomic mass is 9.97. The Kier molecular flexibility index (Phi) is 5.04. The maximum atomic E-state index is 9.96. The molecule has 0 bridgehead atoms. The van der Waals surface area contributed by atoms with Crippen molar-refractivity contribution in [3.05, 3.63) is 106 Å². The predicted molar refractivity (Wildman–Crippen MR) is 111 cm³/mol. The van der Waals surface area contributed by atoms with Crippen molar-refractivity contribution in [3.63, 3.8) is 0 Å². The van der Waals surface area contributed by atoms with E-state index in [2.05, 4.69) is 46.3 Å². The van der Waals surface area contributed by atoms with Crippen molar-refractivity contribution in [2.45, 2.75) is 18.5 Å². The monoisotopic (exact) mass is 415 g/mol. The van der Waals surface area contributed by atoms with E-state index in [4.69, 9.17) is 5.10 Å². The third-order valence-electron chi connectivity index (χ3n) is 4.81. The minimum Gasteiger partial charge on any atom is -0.267 e. The van der Waals surface area contributed by atoms with E-state index in [0.29, 0.717) is 0 Å². The van der Waals surface area contributed by atoms with Gasteiger partial charge in [-0.1, -0.05) is 88.7 Å². The fraction of sp³-hybridized carbons (Fsp3) is 0.130. The normalized spacial score (nSPS) is 17.3. The van der Waals surface area contributed by atoms with Crippen LogP contribution in [0, 0.1) is 11.3 Å². The first kappa shape index (κ1) is 17.5. The second kappa shape index (κ2) is 7.77. The molecule has 27 heavy (non-hydrogen) atoms. The molecule has 4 rings (SSSR count). The quantitative estimate of drug-likeness (QED) is 0.534. The topological polar surface area (TPSA) is 39.4 Å². The third kappa shape index (κ3) is 3.65. The van der Waals surface area contributed by atoms with Gasteiger partial charge in [0.05, 0.1) is 17.8 Å². The van der Waals surface area contributed by atoms with Gasteiger partial charge in [-0.25, -0.2) is 0 Å². The predicted octanol–water partition coefficient (Wildman–Crippen LogP) is 5.87. The van der Waals surface area contributed by atoms with Crippen LogP contribution in [0.25, 0.3) is 0 Å². The first-order chi connectivity index (χ1) is 13.3. The molecule has 4 heteroatoms. The molecule has 2 unspecified atom stereocenters. The van der Waals surface area contributed by atoms with Gasteiger partial charge in [0.25, 0.3) is 0 Å². The summed E-state index contributed by atoms with van der Waals surface area (Å²) in [6.07, 6.45) is 0.780. The summed E-state index contributed by atoms with van der Waals surface area (Å²) in [6, 6.07) is 30.5. The maximum Gasteiger partial charge on any atom is 0.159 e. The molecule has 0 aromatic heterocycles. The Balaban J connectivity index is 1.76. The Morgan fingerprint density at radius 2 is 1.56 bits per heavy atom. The Labute approximate surface area is 167 Å². The zero-order valence-corrected chi connectivity index (χ0v) is 16.3. The van der Waals surface area contributed by atoms with Gasteiger partial charge >= 0.3 is 0 Å². The standard InChI is InChI=1S/C23H18BrN3/c24-20-13-11-19(12-14-20)23(16-25)27-22(18-9-5-2-6-10-18)15-21(26-27)17-7-3-1-4-8-17/h1-14,22-23H,15H2. The average Bonchev–Trinajstić information content (AvgIpc) is 3.16. The van der Waals surface area contributed by atoms with E-state index in [0.717, 1.165) is 27.7 Å². The second-order valence-electron chi connectivity index (χ2n) is 6.51. The van der Waals surface area contributed by atoms with E-state index < -0.39 is 6.04 Å². The molecular formula is C23H18BrN3. The van der Waals surface area contributed by atoms with Crippen molar-refractivity contribution >= 4 is 21.6 Å². The van der Waals surface area contributed by atoms with E-state index in [1.165, 1.54) is 5.56 Å². The largest absolute Gasteiger partial charge is 0.267 e. The van der Waals surface area contributed by atoms with E-state index in [-0.39, 0.29) is 6.04 Å². The Morgan fingerprint density at radius 3 is 2.19 bits per heavy atom. The van der Waals surface area contributed by atoms with E-state index in [1.807, 2.05) is 65.7 Å². The van der Waals surface area contributed by atoms with Gasteiger partial charge in [0.15, 0.2) is 6.04 Å². The van der Waals surface area contributed by atoms with E-state index in [9.17, 15) is 5.26 Å². The van der Waals surface area contributed by atoms with Gasteiger partial charge in [-0.2, -0.15) is 10.4 Å². The van der Waals surface area contributed by atoms with Gasteiger partial charge in [-0.15, -0.1) is 0 Å². The van der Waals surface area contributed by atoms with Crippen LogP contribution in [-0.2, 0) is 0 Å². The summed E-state index contributed by atoms with van der Waals surface area (Å²) in [5.41, 5.74) is 4.24. The minimum atomic E-state index is -0.440. The van der Waals surface area contributed by atoms with Crippen LogP contribution >= 0.6 is 15.9 Å². The van der Waals surface area contributed by atoms with Crippen LogP contribution in [-0.4, -0.2) is 10.7 Å². The fourth-order valence-electron chi connectivity index (χ4n) is 3.45. The Hall–Kier alpha value is -2.90. The number of nitrogens with zero attached hydrogens (tertiary/aromatic N) is 3. The van der Waals surface area contributed by atoms with Crippen LogP contribution in [0.2, 0.25) is 0 Å². The molecule has 0 saturated heterocycles. The molecular weight excluding hydrogens is 398 g/mol. The molecule has 0 amide bonds. The van der Waals surface area contributed by atoms with Gasteiger partial charge in [-0.3, -0.25) is 5.01 Å². The molecule has 1 aliphatic rings. The van der Waals surface area contributed by atoms with Gasteiger partial charge in [0.1, 0.15) is 0 Å². The molecule has 0 fully saturated rings. The highest BCUT2D eigenvalue weighted by Crippen LogP contribution is 2.39. The highest BCUT2D eigenvalue weighted by Gasteiger charge is 2.34. The van der Waals surface area contributed by atoms with E-state index in [1.54, 1.807) is 0 Å². The number of halogens is 1. The number of hydrazone groups is 1. The molecule has 3 aromatic carbocycles. The average molecular weight is 416 g/mol. The zero-order valence-electron chi connectivity index (χ0n) is 14.7. The lowest BCUT2D eigenvalue weighted by Crippen LogP contribution is -2.24. The van der Waals surface area contributed by atoms with Crippen LogP contribution in [0.4, 0.5) is 0 Å². The van der Waals surface area contributed by atoms with Crippen molar-refractivity contribution in [2.75, 3.05) is 0 Å². The first-order valence-electron chi connectivity index (χ1n) is 8.87. The summed E-state index contributed by atoms with van der Waals surface area (Å²) in [5.74, 6) is 0. The zero-order chi connectivity index (χ0) is 18.6. The fourth-order valence-corrected chi connectivity index (χ4v) is 3.71. The molecule has 1 heterocycles. The third-order valence-corrected chi connectivity index (χ3v) is 5.33. The number of nitriles is 1. The molecule has 0 radical (unpaired) electrons. The van der Waals surface area contributed by atoms with Crippen molar-refractivity contribution < 1.29 is 0 Å². The van der Waals surface area contributed by atoms with Gasteiger partial charge < -0.3 is 0 Å². The Bertz CT molecular complexity index is 976. The molecule has 3 aromatic rings. The molecule has 3 nitrogen and oxygen atoms in total. The summed E-state index contributed by atoms with van der Waals surface area (Å²) in [5, 5.41) is 16.8. The van der Waals surface area contributed by atoms with Gasteiger partial charge in [0, 0.05) is 10.9 Å². The first-order valence-corrected chi connectivity index (χ1v) is 9.67. The van der Waals surface area contributed by atoms with Crippen molar-refractivity contribution in [3.8, 4) is 6.07 Å². The SMILES string of the molecule is N#CC(c1ccc(Br)cc1)N1N=C(c2ccccc2)CC1c1ccccc1. The highest BCUT2D eigenvalue weighted by molar-refractivity contribution is 9.10. The lowest BCUT2D eigenvalue weighted by molar-refractivity contribution is 0.196. The smallest absolute Gasteiger partial charge is 0.159 e. The highest BCUT2D eigenvalue weighted by atomic mass is 79.9. The second-order valence-corrected chi connectivity index (χ2v) is 7.42. The molecule has 0 N–H and O–H groups in total. The van der Waals surface area contributed by atoms with Gasteiger partial charge in [-0.05, 0) is 28.8 Å². The number of hydrogen-bond acceptors (Lipinski definition) is 3. The molecule has 0 aliphatic carbocycles. The van der Waals surface area contributed by atoms with Crippen molar-refractivity contribution in [1.29, 1.82) is 5.26 Å². The van der Waals surface area contributed by atoms with Crippen molar-refractivity contribution in [2.24, 2.45) is 5.10 Å². The summed E-state index contributed by atoms with van der Waals surface area (Å²) < 4.78 is 0.998. The van der Waals surface area contributed by atoms with Gasteiger partial charge in [0.2, 0.25) is 0 Å². The molecule has 132 valence electrons. The molecule has 2 atom stereocenters. The molecule has 0 saturated carbocycles. The van der Waals surface area contributed by atoms with Crippen LogP contribution in [0.1, 0.15) is 35.2 Å². The summed E-state index contributed by atoms with van der Waals surface area (Å²) in [4.78, 5) is 0. The maximum absolute atomic E-state index is 9.96. The van der Waals surface area contributed by atoms with Crippen LogP contribution in [0.5, 0.6) is 0 Å². The number of hydrogen-bond donors (Lipinski definition) is 0. The van der Waals surface area contributed by atoms with Crippen molar-refractivity contribution in [1.82, 2.24) is 5.01 Å². The lowest BCUT2D eigenvalue weighted by Gasteiger charge is -2.28. The number of benzene rings is 3. The summed E-state index contributed by atoms with van der Waals surface area (Å²) in [7, 11) is 0. The number of rotatable bonds is 4. The minimum absolute atomic E-state index is 0.0368. The molecule has 1 aliphatic heterocycles. The van der Waals surface area contributed by atoms with E-state index >= 15 is 0 Å². The Morgan fingerprint density at radius 1 is 0.926 bits per heavy atom. The summed E-state index contributed by atoms with van der Waals surface area (Å²) >= 11 is 3.46.